The number of rotatable bonds is 7. The van der Waals surface area contributed by atoms with Crippen LogP contribution in [-0.2, 0) is 9.53 Å². The highest BCUT2D eigenvalue weighted by molar-refractivity contribution is 6.30. The normalized spacial score (nSPS) is 14.7. The molecule has 0 saturated carbocycles. The first-order valence-corrected chi connectivity index (χ1v) is 10.7. The van der Waals surface area contributed by atoms with Crippen LogP contribution in [0.15, 0.2) is 55.2 Å². The lowest BCUT2D eigenvalue weighted by atomic mass is 9.88. The highest BCUT2D eigenvalue weighted by atomic mass is 35.5. The van der Waals surface area contributed by atoms with Crippen molar-refractivity contribution >= 4 is 29.2 Å². The molecule has 1 atom stereocenters. The van der Waals surface area contributed by atoms with Gasteiger partial charge in [0.2, 0.25) is 5.91 Å². The third-order valence-corrected chi connectivity index (χ3v) is 5.49. The minimum atomic E-state index is -0.588. The number of nitrogens with one attached hydrogen (secondary N) is 1. The third kappa shape index (κ3) is 5.03. The van der Waals surface area contributed by atoms with Crippen molar-refractivity contribution in [2.75, 3.05) is 24.6 Å². The van der Waals surface area contributed by atoms with Crippen LogP contribution in [0.3, 0.4) is 0 Å². The van der Waals surface area contributed by atoms with E-state index in [2.05, 4.69) is 16.8 Å². The number of anilines is 1. The SMILES string of the molecule is C=CNC(=O)C(c1ccc(C(=O)OCC)cc1)c1cc(Cl)ccc1N1CCCCC1. The maximum absolute atomic E-state index is 13.1. The standard InChI is InChI=1S/C24H27ClN2O3/c1-3-26-23(28)22(17-8-10-18(11-9-17)24(29)30-4-2)20-16-19(25)12-13-21(20)27-14-6-5-7-15-27/h3,8-13,16,22H,1,4-7,14-15H2,2H3,(H,26,28). The zero-order valence-corrected chi connectivity index (χ0v) is 18.0. The topological polar surface area (TPSA) is 58.6 Å². The second-order valence-electron chi connectivity index (χ2n) is 7.24. The predicted octanol–water partition coefficient (Wildman–Crippen LogP) is 4.90. The van der Waals surface area contributed by atoms with E-state index in [1.54, 1.807) is 31.2 Å². The molecule has 3 rings (SSSR count). The zero-order chi connectivity index (χ0) is 21.5. The Morgan fingerprint density at radius 2 is 1.87 bits per heavy atom. The van der Waals surface area contributed by atoms with Crippen LogP contribution in [0, 0.1) is 0 Å². The number of benzene rings is 2. The van der Waals surface area contributed by atoms with Gasteiger partial charge in [-0.1, -0.05) is 30.3 Å². The smallest absolute Gasteiger partial charge is 0.338 e. The molecule has 2 aromatic carbocycles. The fraction of sp³-hybridized carbons (Fsp3) is 0.333. The molecule has 158 valence electrons. The maximum Gasteiger partial charge on any atom is 0.338 e. The number of esters is 1. The average Bonchev–Trinajstić information content (AvgIpc) is 2.75. The molecule has 1 heterocycles. The van der Waals surface area contributed by atoms with Crippen molar-refractivity contribution in [1.82, 2.24) is 5.32 Å². The molecule has 30 heavy (non-hydrogen) atoms. The number of carbonyl (C=O) groups is 2. The molecule has 1 aliphatic heterocycles. The van der Waals surface area contributed by atoms with Gasteiger partial charge in [-0.05, 0) is 73.8 Å². The van der Waals surface area contributed by atoms with Crippen LogP contribution in [0.1, 0.15) is 53.6 Å². The van der Waals surface area contributed by atoms with E-state index in [9.17, 15) is 9.59 Å². The molecular weight excluding hydrogens is 400 g/mol. The summed E-state index contributed by atoms with van der Waals surface area (Å²) < 4.78 is 5.06. The monoisotopic (exact) mass is 426 g/mol. The van der Waals surface area contributed by atoms with Crippen LogP contribution in [0.5, 0.6) is 0 Å². The number of carbonyl (C=O) groups excluding carboxylic acids is 2. The molecule has 1 saturated heterocycles. The molecule has 5 nitrogen and oxygen atoms in total. The molecule has 1 N–H and O–H groups in total. The number of hydrogen-bond acceptors (Lipinski definition) is 4. The number of ether oxygens (including phenoxy) is 1. The van der Waals surface area contributed by atoms with Crippen LogP contribution in [0.25, 0.3) is 0 Å². The summed E-state index contributed by atoms with van der Waals surface area (Å²) in [5, 5.41) is 3.30. The van der Waals surface area contributed by atoms with Gasteiger partial charge in [0.15, 0.2) is 0 Å². The lowest BCUT2D eigenvalue weighted by Crippen LogP contribution is -2.32. The van der Waals surface area contributed by atoms with Crippen LogP contribution in [-0.4, -0.2) is 31.6 Å². The largest absolute Gasteiger partial charge is 0.462 e. The first-order chi connectivity index (χ1) is 14.5. The van der Waals surface area contributed by atoms with Crippen molar-refractivity contribution in [3.63, 3.8) is 0 Å². The molecule has 1 unspecified atom stereocenters. The first-order valence-electron chi connectivity index (χ1n) is 10.3. The van der Waals surface area contributed by atoms with Gasteiger partial charge in [0.05, 0.1) is 18.1 Å². The first kappa shape index (κ1) is 21.9. The fourth-order valence-corrected chi connectivity index (χ4v) is 4.04. The Bertz CT molecular complexity index is 905. The summed E-state index contributed by atoms with van der Waals surface area (Å²) in [5.74, 6) is -1.17. The Hall–Kier alpha value is -2.79. The van der Waals surface area contributed by atoms with Gasteiger partial charge in [0.25, 0.3) is 0 Å². The zero-order valence-electron chi connectivity index (χ0n) is 17.2. The fourth-order valence-electron chi connectivity index (χ4n) is 3.86. The van der Waals surface area contributed by atoms with Gasteiger partial charge in [-0.2, -0.15) is 0 Å². The second-order valence-corrected chi connectivity index (χ2v) is 7.68. The van der Waals surface area contributed by atoms with E-state index in [1.165, 1.54) is 12.6 Å². The van der Waals surface area contributed by atoms with Crippen LogP contribution >= 0.6 is 11.6 Å². The maximum atomic E-state index is 13.1. The molecule has 6 heteroatoms. The minimum absolute atomic E-state index is 0.200. The summed E-state index contributed by atoms with van der Waals surface area (Å²) in [5.41, 5.74) is 3.07. The molecule has 0 radical (unpaired) electrons. The number of amides is 1. The van der Waals surface area contributed by atoms with Gasteiger partial charge < -0.3 is 15.0 Å². The summed E-state index contributed by atoms with van der Waals surface area (Å²) in [6.45, 7) is 7.61. The van der Waals surface area contributed by atoms with Crippen molar-refractivity contribution < 1.29 is 14.3 Å². The van der Waals surface area contributed by atoms with Gasteiger partial charge in [0, 0.05) is 23.8 Å². The quantitative estimate of drug-likeness (QED) is 0.640. The second kappa shape index (κ2) is 10.3. The predicted molar refractivity (Wildman–Crippen MR) is 120 cm³/mol. The highest BCUT2D eigenvalue weighted by Crippen LogP contribution is 2.36. The molecule has 1 amide bonds. The lowest BCUT2D eigenvalue weighted by Gasteiger charge is -2.32. The number of piperidine rings is 1. The Labute approximate surface area is 182 Å². The van der Waals surface area contributed by atoms with Crippen molar-refractivity contribution in [2.45, 2.75) is 32.1 Å². The molecular formula is C24H27ClN2O3. The van der Waals surface area contributed by atoms with Crippen LogP contribution in [0.2, 0.25) is 5.02 Å². The van der Waals surface area contributed by atoms with E-state index in [-0.39, 0.29) is 11.9 Å². The van der Waals surface area contributed by atoms with E-state index in [0.717, 1.165) is 42.7 Å². The van der Waals surface area contributed by atoms with Crippen molar-refractivity contribution in [3.05, 3.63) is 77.0 Å². The van der Waals surface area contributed by atoms with Gasteiger partial charge in [-0.3, -0.25) is 4.79 Å². The number of halogens is 1. The molecule has 0 spiro atoms. The number of nitrogens with zero attached hydrogens (tertiary/aromatic N) is 1. The van der Waals surface area contributed by atoms with Gasteiger partial charge in [-0.25, -0.2) is 4.79 Å². The lowest BCUT2D eigenvalue weighted by molar-refractivity contribution is -0.120. The van der Waals surface area contributed by atoms with Crippen molar-refractivity contribution in [3.8, 4) is 0 Å². The highest BCUT2D eigenvalue weighted by Gasteiger charge is 2.28. The summed E-state index contributed by atoms with van der Waals surface area (Å²) in [4.78, 5) is 27.4. The Morgan fingerprint density at radius 3 is 2.50 bits per heavy atom. The molecule has 1 fully saturated rings. The Balaban J connectivity index is 2.04. The molecule has 0 bridgehead atoms. The molecule has 0 aromatic heterocycles. The summed E-state index contributed by atoms with van der Waals surface area (Å²) >= 11 is 6.34. The van der Waals surface area contributed by atoms with Crippen LogP contribution in [0.4, 0.5) is 5.69 Å². The van der Waals surface area contributed by atoms with Crippen molar-refractivity contribution in [1.29, 1.82) is 0 Å². The van der Waals surface area contributed by atoms with Gasteiger partial charge in [-0.15, -0.1) is 0 Å². The van der Waals surface area contributed by atoms with E-state index < -0.39 is 5.92 Å². The Morgan fingerprint density at radius 1 is 1.17 bits per heavy atom. The van der Waals surface area contributed by atoms with Crippen LogP contribution < -0.4 is 10.2 Å². The molecule has 0 aliphatic carbocycles. The summed E-state index contributed by atoms with van der Waals surface area (Å²) in [6, 6.07) is 12.7. The van der Waals surface area contributed by atoms with Gasteiger partial charge >= 0.3 is 5.97 Å². The average molecular weight is 427 g/mol. The van der Waals surface area contributed by atoms with Crippen molar-refractivity contribution in [2.24, 2.45) is 0 Å². The van der Waals surface area contributed by atoms with E-state index in [4.69, 9.17) is 16.3 Å². The van der Waals surface area contributed by atoms with Gasteiger partial charge in [0.1, 0.15) is 0 Å². The summed E-state index contributed by atoms with van der Waals surface area (Å²) in [6.07, 6.45) is 4.85. The number of hydrogen-bond donors (Lipinski definition) is 1. The molecule has 1 aliphatic rings. The van der Waals surface area contributed by atoms with E-state index in [0.29, 0.717) is 17.2 Å². The third-order valence-electron chi connectivity index (χ3n) is 5.26. The van der Waals surface area contributed by atoms with E-state index >= 15 is 0 Å². The Kier molecular flexibility index (Phi) is 7.52. The minimum Gasteiger partial charge on any atom is -0.462 e. The summed E-state index contributed by atoms with van der Waals surface area (Å²) in [7, 11) is 0. The van der Waals surface area contributed by atoms with E-state index in [1.807, 2.05) is 18.2 Å². The molecule has 2 aromatic rings.